The third-order valence-corrected chi connectivity index (χ3v) is 4.86. The Balaban J connectivity index is 1.95. The van der Waals surface area contributed by atoms with Crippen molar-refractivity contribution in [3.05, 3.63) is 54.1 Å². The highest BCUT2D eigenvalue weighted by Gasteiger charge is 2.22. The van der Waals surface area contributed by atoms with E-state index in [0.717, 1.165) is 22.9 Å². The van der Waals surface area contributed by atoms with Gasteiger partial charge in [-0.1, -0.05) is 18.2 Å². The average molecular weight is 345 g/mol. The number of benzene rings is 2. The van der Waals surface area contributed by atoms with E-state index in [1.165, 1.54) is 10.5 Å². The Morgan fingerprint density at radius 2 is 1.96 bits per heavy atom. The number of likely N-dealkylation sites (N-methyl/N-ethyl adjacent to an activating group) is 1. The average Bonchev–Trinajstić information content (AvgIpc) is 2.61. The molecular formula is C19H25N2O2S+. The molecular weight excluding hydrogens is 320 g/mol. The van der Waals surface area contributed by atoms with Gasteiger partial charge < -0.3 is 15.0 Å². The first-order valence-corrected chi connectivity index (χ1v) is 9.16. The van der Waals surface area contributed by atoms with E-state index in [4.69, 9.17) is 4.74 Å². The number of thioether (sulfide) groups is 1. The predicted octanol–water partition coefficient (Wildman–Crippen LogP) is 2.46. The van der Waals surface area contributed by atoms with Crippen molar-refractivity contribution in [2.75, 3.05) is 25.7 Å². The monoisotopic (exact) mass is 345 g/mol. The zero-order valence-electron chi connectivity index (χ0n) is 14.6. The number of methoxy groups -OCH3 is 1. The summed E-state index contributed by atoms with van der Waals surface area (Å²) in [5, 5.41) is 2.96. The van der Waals surface area contributed by atoms with Crippen molar-refractivity contribution in [2.45, 2.75) is 24.4 Å². The zero-order chi connectivity index (χ0) is 17.5. The minimum Gasteiger partial charge on any atom is -0.497 e. The van der Waals surface area contributed by atoms with Gasteiger partial charge in [0, 0.05) is 22.2 Å². The molecule has 0 aliphatic rings. The van der Waals surface area contributed by atoms with Gasteiger partial charge in [-0.3, -0.25) is 4.79 Å². The molecule has 1 amide bonds. The Morgan fingerprint density at radius 3 is 2.58 bits per heavy atom. The molecule has 2 rings (SSSR count). The fourth-order valence-electron chi connectivity index (χ4n) is 2.39. The van der Waals surface area contributed by atoms with Crippen LogP contribution in [0, 0.1) is 0 Å². The molecule has 0 fully saturated rings. The Morgan fingerprint density at radius 1 is 1.25 bits per heavy atom. The summed E-state index contributed by atoms with van der Waals surface area (Å²) in [5.74, 6) is 0.733. The molecule has 0 aliphatic carbocycles. The second-order valence-electron chi connectivity index (χ2n) is 5.81. The van der Waals surface area contributed by atoms with Gasteiger partial charge in [-0.15, -0.1) is 11.8 Å². The van der Waals surface area contributed by atoms with E-state index < -0.39 is 0 Å². The molecule has 4 nitrogen and oxygen atoms in total. The molecule has 0 saturated heterocycles. The lowest BCUT2D eigenvalue weighted by Gasteiger charge is -2.21. The number of ether oxygens (including phenoxy) is 1. The second-order valence-corrected chi connectivity index (χ2v) is 6.69. The van der Waals surface area contributed by atoms with Crippen LogP contribution in [0.3, 0.4) is 0 Å². The largest absolute Gasteiger partial charge is 0.497 e. The zero-order valence-corrected chi connectivity index (χ0v) is 15.4. The van der Waals surface area contributed by atoms with Crippen LogP contribution in [0.2, 0.25) is 0 Å². The molecule has 0 spiro atoms. The van der Waals surface area contributed by atoms with Crippen LogP contribution in [0.15, 0.2) is 53.4 Å². The quantitative estimate of drug-likeness (QED) is 0.758. The van der Waals surface area contributed by atoms with E-state index in [1.54, 1.807) is 18.9 Å². The third-order valence-electron chi connectivity index (χ3n) is 4.11. The van der Waals surface area contributed by atoms with Gasteiger partial charge in [-0.25, -0.2) is 0 Å². The summed E-state index contributed by atoms with van der Waals surface area (Å²) in [5.41, 5.74) is 1.98. The lowest BCUT2D eigenvalue weighted by Crippen LogP contribution is -3.12. The van der Waals surface area contributed by atoms with Crippen LogP contribution in [0.25, 0.3) is 0 Å². The molecule has 0 heterocycles. The van der Waals surface area contributed by atoms with E-state index in [2.05, 4.69) is 35.8 Å². The topological polar surface area (TPSA) is 42.8 Å². The highest BCUT2D eigenvalue weighted by Crippen LogP contribution is 2.17. The van der Waals surface area contributed by atoms with E-state index in [0.29, 0.717) is 0 Å². The molecule has 128 valence electrons. The molecule has 0 radical (unpaired) electrons. The lowest BCUT2D eigenvalue weighted by molar-refractivity contribution is -0.907. The van der Waals surface area contributed by atoms with Crippen molar-refractivity contribution in [3.63, 3.8) is 0 Å². The van der Waals surface area contributed by atoms with Gasteiger partial charge in [0.2, 0.25) is 0 Å². The maximum absolute atomic E-state index is 12.5. The molecule has 2 aromatic carbocycles. The number of carbonyl (C=O) groups is 1. The van der Waals surface area contributed by atoms with Crippen LogP contribution in [0.4, 0.5) is 5.69 Å². The number of rotatable bonds is 7. The first-order chi connectivity index (χ1) is 11.5. The first-order valence-electron chi connectivity index (χ1n) is 7.93. The van der Waals surface area contributed by atoms with Crippen molar-refractivity contribution >= 4 is 23.4 Å². The van der Waals surface area contributed by atoms with E-state index >= 15 is 0 Å². The molecule has 0 bridgehead atoms. The van der Waals surface area contributed by atoms with Crippen LogP contribution in [0.5, 0.6) is 5.75 Å². The van der Waals surface area contributed by atoms with Gasteiger partial charge in [0.25, 0.3) is 5.91 Å². The van der Waals surface area contributed by atoms with Crippen molar-refractivity contribution in [1.82, 2.24) is 0 Å². The number of hydrogen-bond acceptors (Lipinski definition) is 3. The number of quaternary nitrogens is 1. The van der Waals surface area contributed by atoms with Gasteiger partial charge in [-0.05, 0) is 37.4 Å². The molecule has 0 aromatic heterocycles. The summed E-state index contributed by atoms with van der Waals surface area (Å²) in [6.45, 7) is 2.75. The summed E-state index contributed by atoms with van der Waals surface area (Å²) < 4.78 is 5.18. The number of amides is 1. The Hall–Kier alpha value is -1.98. The Bertz CT molecular complexity index is 673. The van der Waals surface area contributed by atoms with E-state index in [-0.39, 0.29) is 11.9 Å². The smallest absolute Gasteiger partial charge is 0.282 e. The molecule has 2 aromatic rings. The highest BCUT2D eigenvalue weighted by atomic mass is 32.2. The van der Waals surface area contributed by atoms with Crippen LogP contribution < -0.4 is 15.0 Å². The standard InChI is InChI=1S/C19H24N2O2S/c1-14(19(22)20-16-6-5-7-17(12-16)23-3)21(2)13-15-8-10-18(24-4)11-9-15/h5-12,14H,13H2,1-4H3,(H,20,22)/p+1/t14-/m1/s1. The summed E-state index contributed by atoms with van der Waals surface area (Å²) in [6.07, 6.45) is 2.07. The number of anilines is 1. The van der Waals surface area contributed by atoms with Crippen LogP contribution in [-0.2, 0) is 11.3 Å². The van der Waals surface area contributed by atoms with Crippen LogP contribution in [-0.4, -0.2) is 32.4 Å². The third kappa shape index (κ3) is 5.01. The van der Waals surface area contributed by atoms with Crippen molar-refractivity contribution in [3.8, 4) is 5.75 Å². The summed E-state index contributed by atoms with van der Waals surface area (Å²) >= 11 is 1.73. The number of carbonyl (C=O) groups excluding carboxylic acids is 1. The molecule has 2 atom stereocenters. The molecule has 24 heavy (non-hydrogen) atoms. The fraction of sp³-hybridized carbons (Fsp3) is 0.316. The van der Waals surface area contributed by atoms with Crippen molar-refractivity contribution in [2.24, 2.45) is 0 Å². The summed E-state index contributed by atoms with van der Waals surface area (Å²) in [7, 11) is 3.65. The minimum atomic E-state index is -0.156. The summed E-state index contributed by atoms with van der Waals surface area (Å²) in [4.78, 5) is 14.9. The van der Waals surface area contributed by atoms with Gasteiger partial charge in [0.1, 0.15) is 12.3 Å². The Kier molecular flexibility index (Phi) is 6.70. The van der Waals surface area contributed by atoms with Crippen molar-refractivity contribution in [1.29, 1.82) is 0 Å². The van der Waals surface area contributed by atoms with Gasteiger partial charge in [-0.2, -0.15) is 0 Å². The fourth-order valence-corrected chi connectivity index (χ4v) is 2.80. The maximum atomic E-state index is 12.5. The lowest BCUT2D eigenvalue weighted by atomic mass is 10.2. The van der Waals surface area contributed by atoms with E-state index in [9.17, 15) is 4.79 Å². The van der Waals surface area contributed by atoms with Crippen LogP contribution >= 0.6 is 11.8 Å². The number of nitrogens with one attached hydrogen (secondary N) is 2. The molecule has 0 aliphatic heterocycles. The molecule has 2 N–H and O–H groups in total. The maximum Gasteiger partial charge on any atom is 0.282 e. The van der Waals surface area contributed by atoms with E-state index in [1.807, 2.05) is 38.2 Å². The Labute approximate surface area is 148 Å². The second kappa shape index (κ2) is 8.76. The van der Waals surface area contributed by atoms with Gasteiger partial charge in [0.15, 0.2) is 6.04 Å². The SMILES string of the molecule is COc1cccc(NC(=O)[C@@H](C)[NH+](C)Cc2ccc(SC)cc2)c1. The van der Waals surface area contributed by atoms with Crippen molar-refractivity contribution < 1.29 is 14.4 Å². The normalized spacial score (nSPS) is 13.2. The van der Waals surface area contributed by atoms with Gasteiger partial charge in [0.05, 0.1) is 14.2 Å². The highest BCUT2D eigenvalue weighted by molar-refractivity contribution is 7.98. The van der Waals surface area contributed by atoms with Crippen LogP contribution in [0.1, 0.15) is 12.5 Å². The minimum absolute atomic E-state index is 0.00138. The molecule has 5 heteroatoms. The molecule has 0 saturated carbocycles. The summed E-state index contributed by atoms with van der Waals surface area (Å²) in [6, 6.07) is 15.7. The predicted molar refractivity (Wildman–Crippen MR) is 99.9 cm³/mol. The molecule has 1 unspecified atom stereocenters. The number of hydrogen-bond donors (Lipinski definition) is 2. The first kappa shape index (κ1) is 18.4. The van der Waals surface area contributed by atoms with Gasteiger partial charge >= 0.3 is 0 Å².